The standard InChI is InChI=1S/C14H21BrN2O3S/c1-9(2)13(15)14(18)16-12-8-11(7-6-10(12)3)21(19,20)17(4)5/h6-9,13H,1-5H3,(H,16,18). The molecule has 5 nitrogen and oxygen atoms in total. The number of benzene rings is 1. The van der Waals surface area contributed by atoms with Crippen LogP contribution in [0.2, 0.25) is 0 Å². The number of alkyl halides is 1. The molecule has 1 atom stereocenters. The minimum absolute atomic E-state index is 0.138. The van der Waals surface area contributed by atoms with Gasteiger partial charge in [0.1, 0.15) is 0 Å². The summed E-state index contributed by atoms with van der Waals surface area (Å²) in [7, 11) is -0.572. The Balaban J connectivity index is 3.13. The lowest BCUT2D eigenvalue weighted by molar-refractivity contribution is -0.116. The van der Waals surface area contributed by atoms with Crippen molar-refractivity contribution in [3.05, 3.63) is 23.8 Å². The summed E-state index contributed by atoms with van der Waals surface area (Å²) in [6, 6.07) is 4.71. The average Bonchev–Trinajstić information content (AvgIpc) is 2.39. The maximum absolute atomic E-state index is 12.1. The number of hydrogen-bond donors (Lipinski definition) is 1. The number of amides is 1. The second-order valence-corrected chi connectivity index (χ2v) is 8.54. The highest BCUT2D eigenvalue weighted by Crippen LogP contribution is 2.23. The Morgan fingerprint density at radius 2 is 1.86 bits per heavy atom. The number of sulfonamides is 1. The lowest BCUT2D eigenvalue weighted by Crippen LogP contribution is -2.27. The number of aryl methyl sites for hydroxylation is 1. The molecule has 0 radical (unpaired) electrons. The van der Waals surface area contributed by atoms with Gasteiger partial charge >= 0.3 is 0 Å². The number of carbonyl (C=O) groups excluding carboxylic acids is 1. The van der Waals surface area contributed by atoms with Crippen LogP contribution in [0.15, 0.2) is 23.1 Å². The normalized spacial score (nSPS) is 13.5. The summed E-state index contributed by atoms with van der Waals surface area (Å²) in [6.07, 6.45) is 0. The Morgan fingerprint density at radius 3 is 2.33 bits per heavy atom. The van der Waals surface area contributed by atoms with Crippen LogP contribution in [0.5, 0.6) is 0 Å². The fraction of sp³-hybridized carbons (Fsp3) is 0.500. The molecule has 0 aliphatic carbocycles. The van der Waals surface area contributed by atoms with Gasteiger partial charge in [-0.2, -0.15) is 0 Å². The van der Waals surface area contributed by atoms with Crippen LogP contribution >= 0.6 is 15.9 Å². The van der Waals surface area contributed by atoms with E-state index in [9.17, 15) is 13.2 Å². The molecule has 0 fully saturated rings. The minimum atomic E-state index is -3.52. The number of anilines is 1. The molecular formula is C14H21BrN2O3S. The Morgan fingerprint density at radius 1 is 1.29 bits per heavy atom. The third-order valence-corrected chi connectivity index (χ3v) is 6.37. The van der Waals surface area contributed by atoms with Crippen LogP contribution in [0.25, 0.3) is 0 Å². The van der Waals surface area contributed by atoms with Crippen LogP contribution in [0.3, 0.4) is 0 Å². The summed E-state index contributed by atoms with van der Waals surface area (Å²) in [5.41, 5.74) is 1.32. The van der Waals surface area contributed by atoms with Gasteiger partial charge in [0.2, 0.25) is 15.9 Å². The minimum Gasteiger partial charge on any atom is -0.325 e. The topological polar surface area (TPSA) is 66.5 Å². The Hall–Kier alpha value is -0.920. The van der Waals surface area contributed by atoms with E-state index in [1.54, 1.807) is 6.07 Å². The van der Waals surface area contributed by atoms with Gasteiger partial charge in [-0.3, -0.25) is 4.79 Å². The lowest BCUT2D eigenvalue weighted by Gasteiger charge is -2.17. The maximum Gasteiger partial charge on any atom is 0.242 e. The molecule has 1 aromatic rings. The van der Waals surface area contributed by atoms with E-state index < -0.39 is 10.0 Å². The fourth-order valence-electron chi connectivity index (χ4n) is 1.61. The SMILES string of the molecule is Cc1ccc(S(=O)(=O)N(C)C)cc1NC(=O)C(Br)C(C)C. The Kier molecular flexibility index (Phi) is 5.95. The second-order valence-electron chi connectivity index (χ2n) is 5.40. The molecular weight excluding hydrogens is 356 g/mol. The summed E-state index contributed by atoms with van der Waals surface area (Å²) in [5.74, 6) is -0.0495. The molecule has 0 spiro atoms. The highest BCUT2D eigenvalue weighted by molar-refractivity contribution is 9.10. The van der Waals surface area contributed by atoms with Crippen molar-refractivity contribution < 1.29 is 13.2 Å². The first kappa shape index (κ1) is 18.1. The molecule has 0 bridgehead atoms. The van der Waals surface area contributed by atoms with Gasteiger partial charge in [-0.1, -0.05) is 35.8 Å². The molecule has 1 unspecified atom stereocenters. The third-order valence-electron chi connectivity index (χ3n) is 3.08. The molecule has 1 N–H and O–H groups in total. The van der Waals surface area contributed by atoms with Gasteiger partial charge in [0, 0.05) is 19.8 Å². The van der Waals surface area contributed by atoms with E-state index in [4.69, 9.17) is 0 Å². The summed E-state index contributed by atoms with van der Waals surface area (Å²) >= 11 is 3.33. The number of rotatable bonds is 5. The number of halogens is 1. The largest absolute Gasteiger partial charge is 0.325 e. The first-order valence-electron chi connectivity index (χ1n) is 6.55. The third kappa shape index (κ3) is 4.28. The van der Waals surface area contributed by atoms with E-state index in [0.717, 1.165) is 9.87 Å². The van der Waals surface area contributed by atoms with Gasteiger partial charge in [0.05, 0.1) is 9.72 Å². The van der Waals surface area contributed by atoms with E-state index in [1.807, 2.05) is 20.8 Å². The predicted octanol–water partition coefficient (Wildman–Crippen LogP) is 2.60. The molecule has 0 saturated carbocycles. The highest BCUT2D eigenvalue weighted by Gasteiger charge is 2.21. The van der Waals surface area contributed by atoms with Crippen LogP contribution < -0.4 is 5.32 Å². The van der Waals surface area contributed by atoms with E-state index in [0.29, 0.717) is 5.69 Å². The van der Waals surface area contributed by atoms with Gasteiger partial charge < -0.3 is 5.32 Å². The van der Waals surface area contributed by atoms with Crippen molar-refractivity contribution in [2.24, 2.45) is 5.92 Å². The van der Waals surface area contributed by atoms with Crippen molar-refractivity contribution in [1.29, 1.82) is 0 Å². The van der Waals surface area contributed by atoms with Gasteiger partial charge in [-0.15, -0.1) is 0 Å². The molecule has 118 valence electrons. The van der Waals surface area contributed by atoms with Crippen LogP contribution in [0, 0.1) is 12.8 Å². The maximum atomic E-state index is 12.1. The predicted molar refractivity (Wildman–Crippen MR) is 88.2 cm³/mol. The molecule has 1 aromatic carbocycles. The Labute approximate surface area is 134 Å². The van der Waals surface area contributed by atoms with Crippen LogP contribution in [-0.2, 0) is 14.8 Å². The summed E-state index contributed by atoms with van der Waals surface area (Å²) in [5, 5.41) is 2.77. The lowest BCUT2D eigenvalue weighted by atomic mass is 10.1. The molecule has 0 aliphatic rings. The van der Waals surface area contributed by atoms with E-state index in [1.165, 1.54) is 26.2 Å². The van der Waals surface area contributed by atoms with Gasteiger partial charge in [-0.05, 0) is 30.5 Å². The highest BCUT2D eigenvalue weighted by atomic mass is 79.9. The molecule has 0 aliphatic heterocycles. The fourth-order valence-corrected chi connectivity index (χ4v) is 2.65. The van der Waals surface area contributed by atoms with Crippen molar-refractivity contribution in [1.82, 2.24) is 4.31 Å². The summed E-state index contributed by atoms with van der Waals surface area (Å²) < 4.78 is 25.4. The zero-order valence-corrected chi connectivity index (χ0v) is 15.2. The van der Waals surface area contributed by atoms with Crippen LogP contribution in [0.4, 0.5) is 5.69 Å². The summed E-state index contributed by atoms with van der Waals surface area (Å²) in [4.78, 5) is 11.9. The van der Waals surface area contributed by atoms with E-state index in [2.05, 4.69) is 21.2 Å². The molecule has 1 rings (SSSR count). The quantitative estimate of drug-likeness (QED) is 0.803. The van der Waals surface area contributed by atoms with E-state index >= 15 is 0 Å². The monoisotopic (exact) mass is 376 g/mol. The molecule has 0 saturated heterocycles. The van der Waals surface area contributed by atoms with Gasteiger partial charge in [-0.25, -0.2) is 12.7 Å². The van der Waals surface area contributed by atoms with Crippen LogP contribution in [-0.4, -0.2) is 37.6 Å². The van der Waals surface area contributed by atoms with E-state index in [-0.39, 0.29) is 21.5 Å². The molecule has 0 heterocycles. The summed E-state index contributed by atoms with van der Waals surface area (Å²) in [6.45, 7) is 5.68. The first-order chi connectivity index (χ1) is 9.57. The zero-order valence-electron chi connectivity index (χ0n) is 12.8. The zero-order chi connectivity index (χ0) is 16.4. The average molecular weight is 377 g/mol. The Bertz CT molecular complexity index is 627. The second kappa shape index (κ2) is 6.89. The molecule has 0 aromatic heterocycles. The van der Waals surface area contributed by atoms with Crippen molar-refractivity contribution >= 4 is 37.5 Å². The van der Waals surface area contributed by atoms with Gasteiger partial charge in [0.15, 0.2) is 0 Å². The number of nitrogens with one attached hydrogen (secondary N) is 1. The van der Waals surface area contributed by atoms with Crippen molar-refractivity contribution in [2.75, 3.05) is 19.4 Å². The number of hydrogen-bond acceptors (Lipinski definition) is 3. The van der Waals surface area contributed by atoms with Gasteiger partial charge in [0.25, 0.3) is 0 Å². The molecule has 1 amide bonds. The molecule has 21 heavy (non-hydrogen) atoms. The van der Waals surface area contributed by atoms with Crippen molar-refractivity contribution in [3.63, 3.8) is 0 Å². The van der Waals surface area contributed by atoms with Crippen LogP contribution in [0.1, 0.15) is 19.4 Å². The number of nitrogens with zero attached hydrogens (tertiary/aromatic N) is 1. The van der Waals surface area contributed by atoms with Crippen molar-refractivity contribution in [3.8, 4) is 0 Å². The smallest absolute Gasteiger partial charge is 0.242 e. The first-order valence-corrected chi connectivity index (χ1v) is 8.91. The number of carbonyl (C=O) groups is 1. The van der Waals surface area contributed by atoms with Crippen molar-refractivity contribution in [2.45, 2.75) is 30.5 Å². The molecule has 7 heteroatoms.